The molecule has 1 aromatic carbocycles. The largest absolute Gasteiger partial charge is 0.494 e. The number of rotatable bonds is 4. The summed E-state index contributed by atoms with van der Waals surface area (Å²) in [5, 5.41) is 2.78. The molecule has 0 radical (unpaired) electrons. The molecule has 4 nitrogen and oxygen atoms in total. The summed E-state index contributed by atoms with van der Waals surface area (Å²) >= 11 is 0. The van der Waals surface area contributed by atoms with Gasteiger partial charge in [-0.15, -0.1) is 0 Å². The third-order valence-electron chi connectivity index (χ3n) is 2.72. The number of primary amides is 1. The molecule has 16 heavy (non-hydrogen) atoms. The van der Waals surface area contributed by atoms with Gasteiger partial charge in [0.2, 0.25) is 5.91 Å². The summed E-state index contributed by atoms with van der Waals surface area (Å²) in [6, 6.07) is 4.30. The molecule has 0 saturated heterocycles. The summed E-state index contributed by atoms with van der Waals surface area (Å²) in [5.74, 6) is -0.964. The number of nitrogens with one attached hydrogen (secondary N) is 1. The second kappa shape index (κ2) is 4.49. The SMILES string of the molecule is CNC(C)(C(N)=O)c1ccc(OC)c(F)c1. The maximum atomic E-state index is 13.5. The zero-order valence-corrected chi connectivity index (χ0v) is 9.50. The lowest BCUT2D eigenvalue weighted by Crippen LogP contribution is -2.48. The van der Waals surface area contributed by atoms with Crippen molar-refractivity contribution >= 4 is 5.91 Å². The van der Waals surface area contributed by atoms with Crippen LogP contribution in [0, 0.1) is 5.82 Å². The standard InChI is InChI=1S/C11H15FN2O2/c1-11(14-2,10(13)15)7-4-5-9(16-3)8(12)6-7/h4-6,14H,1-3H3,(H2,13,15). The molecule has 5 heteroatoms. The zero-order valence-electron chi connectivity index (χ0n) is 9.50. The predicted octanol–water partition coefficient (Wildman–Crippen LogP) is 0.754. The second-order valence-electron chi connectivity index (χ2n) is 3.59. The van der Waals surface area contributed by atoms with Gasteiger partial charge in [-0.2, -0.15) is 0 Å². The van der Waals surface area contributed by atoms with Crippen LogP contribution in [0.4, 0.5) is 4.39 Å². The number of methoxy groups -OCH3 is 1. The zero-order chi connectivity index (χ0) is 12.3. The van der Waals surface area contributed by atoms with E-state index in [1.165, 1.54) is 19.2 Å². The monoisotopic (exact) mass is 226 g/mol. The van der Waals surface area contributed by atoms with Gasteiger partial charge in [0.15, 0.2) is 11.6 Å². The Hall–Kier alpha value is -1.62. The Morgan fingerprint density at radius 1 is 1.56 bits per heavy atom. The van der Waals surface area contributed by atoms with Crippen LogP contribution in [-0.4, -0.2) is 20.1 Å². The highest BCUT2D eigenvalue weighted by Gasteiger charge is 2.31. The number of amides is 1. The van der Waals surface area contributed by atoms with Crippen LogP contribution in [0.3, 0.4) is 0 Å². The van der Waals surface area contributed by atoms with Crippen molar-refractivity contribution < 1.29 is 13.9 Å². The minimum absolute atomic E-state index is 0.131. The summed E-state index contributed by atoms with van der Waals surface area (Å²) in [7, 11) is 2.97. The topological polar surface area (TPSA) is 64.3 Å². The average Bonchev–Trinajstić information content (AvgIpc) is 2.27. The van der Waals surface area contributed by atoms with Gasteiger partial charge in [0, 0.05) is 0 Å². The number of carbonyl (C=O) groups is 1. The lowest BCUT2D eigenvalue weighted by atomic mass is 9.91. The molecule has 0 fully saturated rings. The van der Waals surface area contributed by atoms with Gasteiger partial charge in [0.05, 0.1) is 7.11 Å². The molecular formula is C11H15FN2O2. The van der Waals surface area contributed by atoms with E-state index in [-0.39, 0.29) is 5.75 Å². The molecule has 0 aliphatic heterocycles. The van der Waals surface area contributed by atoms with E-state index in [0.717, 1.165) is 0 Å². The van der Waals surface area contributed by atoms with E-state index in [1.807, 2.05) is 0 Å². The Morgan fingerprint density at radius 2 is 2.19 bits per heavy atom. The van der Waals surface area contributed by atoms with E-state index < -0.39 is 17.3 Å². The smallest absolute Gasteiger partial charge is 0.242 e. The van der Waals surface area contributed by atoms with Crippen molar-refractivity contribution in [2.45, 2.75) is 12.5 Å². The van der Waals surface area contributed by atoms with Gasteiger partial charge in [0.1, 0.15) is 5.54 Å². The van der Waals surface area contributed by atoms with Crippen molar-refractivity contribution in [2.75, 3.05) is 14.2 Å². The van der Waals surface area contributed by atoms with Crippen LogP contribution in [-0.2, 0) is 10.3 Å². The highest BCUT2D eigenvalue weighted by atomic mass is 19.1. The van der Waals surface area contributed by atoms with Crippen LogP contribution in [0.15, 0.2) is 18.2 Å². The molecule has 3 N–H and O–H groups in total. The van der Waals surface area contributed by atoms with E-state index in [2.05, 4.69) is 5.32 Å². The fraction of sp³-hybridized carbons (Fsp3) is 0.364. The van der Waals surface area contributed by atoms with E-state index in [4.69, 9.17) is 10.5 Å². The molecule has 0 aromatic heterocycles. The Labute approximate surface area is 93.6 Å². The van der Waals surface area contributed by atoms with Crippen LogP contribution in [0.1, 0.15) is 12.5 Å². The quantitative estimate of drug-likeness (QED) is 0.796. The molecule has 0 aliphatic carbocycles. The van der Waals surface area contributed by atoms with Crippen molar-refractivity contribution in [2.24, 2.45) is 5.73 Å². The Bertz CT molecular complexity index is 409. The van der Waals surface area contributed by atoms with Gasteiger partial charge in [-0.3, -0.25) is 4.79 Å². The molecule has 1 unspecified atom stereocenters. The molecule has 0 spiro atoms. The van der Waals surface area contributed by atoms with Crippen LogP contribution in [0.25, 0.3) is 0 Å². The summed E-state index contributed by atoms with van der Waals surface area (Å²) < 4.78 is 18.3. The van der Waals surface area contributed by atoms with Gasteiger partial charge in [0.25, 0.3) is 0 Å². The first kappa shape index (κ1) is 12.4. The molecule has 0 heterocycles. The highest BCUT2D eigenvalue weighted by molar-refractivity contribution is 5.85. The molecule has 1 rings (SSSR count). The lowest BCUT2D eigenvalue weighted by Gasteiger charge is -2.26. The van der Waals surface area contributed by atoms with Gasteiger partial charge >= 0.3 is 0 Å². The third-order valence-corrected chi connectivity index (χ3v) is 2.72. The van der Waals surface area contributed by atoms with E-state index in [9.17, 15) is 9.18 Å². The Morgan fingerprint density at radius 3 is 2.56 bits per heavy atom. The van der Waals surface area contributed by atoms with Crippen molar-refractivity contribution in [3.05, 3.63) is 29.6 Å². The fourth-order valence-electron chi connectivity index (χ4n) is 1.39. The Kier molecular flexibility index (Phi) is 3.49. The molecule has 0 aliphatic rings. The van der Waals surface area contributed by atoms with E-state index in [0.29, 0.717) is 5.56 Å². The maximum absolute atomic E-state index is 13.5. The van der Waals surface area contributed by atoms with E-state index >= 15 is 0 Å². The number of nitrogens with two attached hydrogens (primary N) is 1. The number of carbonyl (C=O) groups excluding carboxylic acids is 1. The summed E-state index contributed by atoms with van der Waals surface area (Å²) in [6.45, 7) is 1.59. The summed E-state index contributed by atoms with van der Waals surface area (Å²) in [4.78, 5) is 11.3. The van der Waals surface area contributed by atoms with E-state index in [1.54, 1.807) is 20.0 Å². The number of likely N-dealkylation sites (N-methyl/N-ethyl adjacent to an activating group) is 1. The van der Waals surface area contributed by atoms with Gasteiger partial charge < -0.3 is 15.8 Å². The number of halogens is 1. The van der Waals surface area contributed by atoms with Gasteiger partial charge in [-0.05, 0) is 31.7 Å². The predicted molar refractivity (Wildman–Crippen MR) is 58.6 cm³/mol. The number of benzene rings is 1. The van der Waals surface area contributed by atoms with Gasteiger partial charge in [-0.1, -0.05) is 6.07 Å². The van der Waals surface area contributed by atoms with Crippen LogP contribution >= 0.6 is 0 Å². The second-order valence-corrected chi connectivity index (χ2v) is 3.59. The number of hydrogen-bond acceptors (Lipinski definition) is 3. The fourth-order valence-corrected chi connectivity index (χ4v) is 1.39. The first-order chi connectivity index (χ1) is 7.45. The first-order valence-corrected chi connectivity index (χ1v) is 4.78. The maximum Gasteiger partial charge on any atom is 0.242 e. The first-order valence-electron chi connectivity index (χ1n) is 4.78. The van der Waals surface area contributed by atoms with Crippen molar-refractivity contribution in [1.29, 1.82) is 0 Å². The molecule has 1 atom stereocenters. The van der Waals surface area contributed by atoms with Crippen molar-refractivity contribution in [1.82, 2.24) is 5.32 Å². The summed E-state index contributed by atoms with van der Waals surface area (Å²) in [6.07, 6.45) is 0. The lowest BCUT2D eigenvalue weighted by molar-refractivity contribution is -0.123. The Balaban J connectivity index is 3.23. The van der Waals surface area contributed by atoms with Crippen LogP contribution < -0.4 is 15.8 Å². The number of ether oxygens (including phenoxy) is 1. The average molecular weight is 226 g/mol. The molecule has 1 amide bonds. The highest BCUT2D eigenvalue weighted by Crippen LogP contribution is 2.25. The third kappa shape index (κ3) is 1.99. The van der Waals surface area contributed by atoms with Crippen LogP contribution in [0.5, 0.6) is 5.75 Å². The van der Waals surface area contributed by atoms with Crippen LogP contribution in [0.2, 0.25) is 0 Å². The molecule has 0 bridgehead atoms. The molecule has 0 saturated carbocycles. The summed E-state index contributed by atoms with van der Waals surface area (Å²) in [5.41, 5.74) is 4.65. The molecule has 1 aromatic rings. The minimum Gasteiger partial charge on any atom is -0.494 e. The van der Waals surface area contributed by atoms with Crippen molar-refractivity contribution in [3.8, 4) is 5.75 Å². The number of hydrogen-bond donors (Lipinski definition) is 2. The molecular weight excluding hydrogens is 211 g/mol. The van der Waals surface area contributed by atoms with Gasteiger partial charge in [-0.25, -0.2) is 4.39 Å². The normalized spacial score (nSPS) is 14.2. The molecule has 88 valence electrons. The van der Waals surface area contributed by atoms with Crippen molar-refractivity contribution in [3.63, 3.8) is 0 Å². The minimum atomic E-state index is -1.09.